The number of aryl methyl sites for hydroxylation is 1. The molecule has 3 aromatic heterocycles. The number of aromatic nitrogens is 3. The normalized spacial score (nSPS) is 18.7. The number of hydrogen-bond donors (Lipinski definition) is 2. The number of nitrogens with zero attached hydrogens (tertiary/aromatic N) is 6. The number of hydrogen-bond acceptors (Lipinski definition) is 8. The molecule has 0 amide bonds. The van der Waals surface area contributed by atoms with Crippen molar-refractivity contribution in [3.8, 4) is 6.07 Å². The fourth-order valence-electron chi connectivity index (χ4n) is 6.70. The highest BCUT2D eigenvalue weighted by Crippen LogP contribution is 2.33. The van der Waals surface area contributed by atoms with Gasteiger partial charge in [-0.15, -0.1) is 11.3 Å². The molecule has 5 heterocycles. The lowest BCUT2D eigenvalue weighted by Gasteiger charge is -2.35. The van der Waals surface area contributed by atoms with E-state index in [0.717, 1.165) is 87.2 Å². The average molecular weight is 625 g/mol. The van der Waals surface area contributed by atoms with Gasteiger partial charge < -0.3 is 15.6 Å². The van der Waals surface area contributed by atoms with E-state index < -0.39 is 12.6 Å². The van der Waals surface area contributed by atoms with Crippen LogP contribution in [0.3, 0.4) is 0 Å². The van der Waals surface area contributed by atoms with E-state index in [9.17, 15) is 18.4 Å². The number of fused-ring (bicyclic) bond motifs is 2. The van der Waals surface area contributed by atoms with Gasteiger partial charge in [-0.2, -0.15) is 18.4 Å². The van der Waals surface area contributed by atoms with E-state index in [-0.39, 0.29) is 10.9 Å². The molecule has 4 aromatic rings. The molecule has 12 heteroatoms. The van der Waals surface area contributed by atoms with Crippen molar-refractivity contribution in [2.24, 2.45) is 5.73 Å². The smallest absolute Gasteiger partial charge is 0.367 e. The number of nitriles is 1. The summed E-state index contributed by atoms with van der Waals surface area (Å²) in [5.41, 5.74) is 10.4. The van der Waals surface area contributed by atoms with Crippen LogP contribution in [0.5, 0.6) is 0 Å². The molecule has 234 valence electrons. The number of halogens is 3. The number of benzene rings is 1. The number of nitrogens with two attached hydrogens (primary N) is 1. The summed E-state index contributed by atoms with van der Waals surface area (Å²) < 4.78 is 40.9. The second kappa shape index (κ2) is 12.6. The molecule has 0 saturated carbocycles. The fraction of sp³-hybridized carbons (Fsp3) is 0.531. The topological polar surface area (TPSA) is 99.0 Å². The molecule has 0 radical (unpaired) electrons. The maximum Gasteiger partial charge on any atom is 0.393 e. The van der Waals surface area contributed by atoms with Gasteiger partial charge in [0.25, 0.3) is 0 Å². The molecular formula is C32H39F3N8S. The number of nitrogens with one attached hydrogen (secondary N) is 1. The summed E-state index contributed by atoms with van der Waals surface area (Å²) in [4.78, 5) is 14.3. The standard InChI is InChI=1S/C32H39F3N8S/c1-20(42-11-5-23(37)6-12-42)17-43-25(16-36)13-27-21(2)22(3-4-29(27)43)18-41-9-7-24(8-10-41)40-30-28-14-26(15-32(33,34)35)44-31(28)39-19-38-30/h3-4,13-14,19-20,23-24H,5-12,15,17-18,37H2,1-2H3,(H,38,39,40)/t20-/m0/s1. The summed E-state index contributed by atoms with van der Waals surface area (Å²) in [5, 5.41) is 15.2. The molecule has 6 rings (SSSR count). The van der Waals surface area contributed by atoms with Gasteiger partial charge in [0.2, 0.25) is 0 Å². The van der Waals surface area contributed by atoms with Crippen molar-refractivity contribution in [3.05, 3.63) is 52.3 Å². The van der Waals surface area contributed by atoms with Gasteiger partial charge in [-0.3, -0.25) is 9.80 Å². The Bertz CT molecular complexity index is 1660. The molecule has 2 aliphatic heterocycles. The Kier molecular flexibility index (Phi) is 8.84. The highest BCUT2D eigenvalue weighted by molar-refractivity contribution is 7.18. The van der Waals surface area contributed by atoms with Gasteiger partial charge in [-0.05, 0) is 81.9 Å². The third-order valence-corrected chi connectivity index (χ3v) is 10.3. The monoisotopic (exact) mass is 624 g/mol. The number of rotatable bonds is 8. The van der Waals surface area contributed by atoms with Crippen LogP contribution in [-0.4, -0.2) is 74.8 Å². The van der Waals surface area contributed by atoms with E-state index in [1.807, 2.05) is 6.07 Å². The summed E-state index contributed by atoms with van der Waals surface area (Å²) >= 11 is 1.07. The van der Waals surface area contributed by atoms with E-state index in [1.165, 1.54) is 17.5 Å². The van der Waals surface area contributed by atoms with Gasteiger partial charge in [-0.25, -0.2) is 9.97 Å². The van der Waals surface area contributed by atoms with Gasteiger partial charge in [0.05, 0.1) is 11.8 Å². The van der Waals surface area contributed by atoms with E-state index in [0.29, 0.717) is 33.8 Å². The van der Waals surface area contributed by atoms with Crippen LogP contribution in [0.1, 0.15) is 54.3 Å². The quantitative estimate of drug-likeness (QED) is 0.255. The number of likely N-dealkylation sites (tertiary alicyclic amines) is 2. The van der Waals surface area contributed by atoms with Crippen LogP contribution in [0.4, 0.5) is 19.0 Å². The predicted octanol–water partition coefficient (Wildman–Crippen LogP) is 5.82. The number of anilines is 1. The Hall–Kier alpha value is -3.24. The average Bonchev–Trinajstić information content (AvgIpc) is 3.56. The lowest BCUT2D eigenvalue weighted by molar-refractivity contribution is -0.126. The van der Waals surface area contributed by atoms with Gasteiger partial charge in [-0.1, -0.05) is 6.07 Å². The lowest BCUT2D eigenvalue weighted by Crippen LogP contribution is -2.45. The third-order valence-electron chi connectivity index (χ3n) is 9.30. The first kappa shape index (κ1) is 30.8. The Morgan fingerprint density at radius 3 is 2.55 bits per heavy atom. The van der Waals surface area contributed by atoms with E-state index in [4.69, 9.17) is 5.73 Å². The summed E-state index contributed by atoms with van der Waals surface area (Å²) in [5.74, 6) is 0.607. The SMILES string of the molecule is Cc1c(CN2CCC(Nc3ncnc4sc(CC(F)(F)F)cc34)CC2)ccc2c1cc(C#N)n2C[C@H](C)N1CCC(N)CC1. The van der Waals surface area contributed by atoms with Crippen molar-refractivity contribution >= 4 is 38.3 Å². The highest BCUT2D eigenvalue weighted by Gasteiger charge is 2.29. The molecule has 2 saturated heterocycles. The van der Waals surface area contributed by atoms with Gasteiger partial charge >= 0.3 is 6.18 Å². The molecule has 44 heavy (non-hydrogen) atoms. The molecule has 2 aliphatic rings. The minimum atomic E-state index is -4.25. The van der Waals surface area contributed by atoms with Crippen molar-refractivity contribution in [1.29, 1.82) is 5.26 Å². The van der Waals surface area contributed by atoms with Crippen molar-refractivity contribution < 1.29 is 13.2 Å². The number of piperidine rings is 2. The molecule has 1 aromatic carbocycles. The van der Waals surface area contributed by atoms with E-state index in [1.54, 1.807) is 6.07 Å². The number of alkyl halides is 3. The van der Waals surface area contributed by atoms with Crippen LogP contribution in [0.25, 0.3) is 21.1 Å². The highest BCUT2D eigenvalue weighted by atomic mass is 32.1. The van der Waals surface area contributed by atoms with Gasteiger partial charge in [0, 0.05) is 60.1 Å². The molecule has 0 unspecified atom stereocenters. The molecule has 1 atom stereocenters. The maximum atomic E-state index is 12.9. The molecule has 2 fully saturated rings. The molecule has 8 nitrogen and oxygen atoms in total. The second-order valence-electron chi connectivity index (χ2n) is 12.4. The summed E-state index contributed by atoms with van der Waals surface area (Å²) in [7, 11) is 0. The van der Waals surface area contributed by atoms with Crippen LogP contribution < -0.4 is 11.1 Å². The van der Waals surface area contributed by atoms with Crippen molar-refractivity contribution in [2.45, 2.75) is 83.3 Å². The fourth-order valence-corrected chi connectivity index (χ4v) is 7.72. The van der Waals surface area contributed by atoms with Crippen LogP contribution in [0, 0.1) is 18.3 Å². The van der Waals surface area contributed by atoms with Crippen LogP contribution >= 0.6 is 11.3 Å². The maximum absolute atomic E-state index is 12.9. The Morgan fingerprint density at radius 2 is 1.84 bits per heavy atom. The van der Waals surface area contributed by atoms with Crippen molar-refractivity contribution in [2.75, 3.05) is 31.5 Å². The Balaban J connectivity index is 1.09. The van der Waals surface area contributed by atoms with Crippen molar-refractivity contribution in [1.82, 2.24) is 24.3 Å². The first-order chi connectivity index (χ1) is 21.1. The second-order valence-corrected chi connectivity index (χ2v) is 13.5. The van der Waals surface area contributed by atoms with E-state index in [2.05, 4.69) is 61.7 Å². The van der Waals surface area contributed by atoms with Crippen LogP contribution in [0.15, 0.2) is 30.6 Å². The first-order valence-electron chi connectivity index (χ1n) is 15.4. The molecule has 3 N–H and O–H groups in total. The van der Waals surface area contributed by atoms with E-state index >= 15 is 0 Å². The molecule has 0 spiro atoms. The summed E-state index contributed by atoms with van der Waals surface area (Å²) in [6, 6.07) is 11.2. The Morgan fingerprint density at radius 1 is 1.09 bits per heavy atom. The third kappa shape index (κ3) is 6.71. The largest absolute Gasteiger partial charge is 0.393 e. The lowest BCUT2D eigenvalue weighted by atomic mass is 10.0. The predicted molar refractivity (Wildman–Crippen MR) is 169 cm³/mol. The van der Waals surface area contributed by atoms with Gasteiger partial charge in [0.1, 0.15) is 28.7 Å². The first-order valence-corrected chi connectivity index (χ1v) is 16.2. The summed E-state index contributed by atoms with van der Waals surface area (Å²) in [6.07, 6.45) is 0.0578. The minimum Gasteiger partial charge on any atom is -0.367 e. The zero-order chi connectivity index (χ0) is 31.0. The zero-order valence-corrected chi connectivity index (χ0v) is 26.0. The molecule has 0 bridgehead atoms. The van der Waals surface area contributed by atoms with Crippen LogP contribution in [0.2, 0.25) is 0 Å². The van der Waals surface area contributed by atoms with Gasteiger partial charge in [0.15, 0.2) is 0 Å². The molecular weight excluding hydrogens is 585 g/mol. The molecule has 0 aliphatic carbocycles. The zero-order valence-electron chi connectivity index (χ0n) is 25.2. The summed E-state index contributed by atoms with van der Waals surface area (Å²) in [6.45, 7) is 9.78. The Labute approximate surface area is 259 Å². The van der Waals surface area contributed by atoms with Crippen molar-refractivity contribution in [3.63, 3.8) is 0 Å². The van der Waals surface area contributed by atoms with Crippen LogP contribution in [-0.2, 0) is 19.5 Å². The minimum absolute atomic E-state index is 0.184. The number of thiophene rings is 1.